The zero-order valence-electron chi connectivity index (χ0n) is 9.81. The molecule has 0 radical (unpaired) electrons. The number of allylic oxidation sites excluding steroid dienone is 1. The molecule has 88 valence electrons. The number of hydrogen-bond donors (Lipinski definition) is 1. The Balaban J connectivity index is 3.64. The molecule has 0 aromatic rings. The molecule has 1 N–H and O–H groups in total. The van der Waals surface area contributed by atoms with Gasteiger partial charge in [-0.3, -0.25) is 4.79 Å². The van der Waals surface area contributed by atoms with Gasteiger partial charge in [0.25, 0.3) is 0 Å². The molecule has 0 fully saturated rings. The molecule has 0 saturated heterocycles. The largest absolute Gasteiger partial charge is 0.308 e. The molecule has 0 aliphatic rings. The number of halogens is 1. The van der Waals surface area contributed by atoms with E-state index < -0.39 is 0 Å². The Morgan fingerprint density at radius 2 is 2.00 bits per heavy atom. The Labute approximate surface area is 107 Å². The topological polar surface area (TPSA) is 29.1 Å². The van der Waals surface area contributed by atoms with Gasteiger partial charge >= 0.3 is 0 Å². The summed E-state index contributed by atoms with van der Waals surface area (Å²) >= 11 is 1.88. The first kappa shape index (κ1) is 15.1. The molecule has 0 aliphatic heterocycles. The molecular formula is C12H22INO. The summed E-state index contributed by atoms with van der Waals surface area (Å²) in [5.41, 5.74) is -0.334. The van der Waals surface area contributed by atoms with Crippen LogP contribution in [-0.2, 0) is 4.79 Å². The number of carbonyl (C=O) groups is 1. The number of carbonyl (C=O) groups excluding carboxylic acids is 1. The van der Waals surface area contributed by atoms with E-state index in [2.05, 4.69) is 11.9 Å². The molecule has 15 heavy (non-hydrogen) atoms. The van der Waals surface area contributed by atoms with Crippen LogP contribution in [0.3, 0.4) is 0 Å². The van der Waals surface area contributed by atoms with Crippen LogP contribution in [0.1, 0.15) is 45.4 Å². The third-order valence-electron chi connectivity index (χ3n) is 2.82. The quantitative estimate of drug-likeness (QED) is 0.305. The van der Waals surface area contributed by atoms with Gasteiger partial charge in [0, 0.05) is 22.6 Å². The van der Waals surface area contributed by atoms with Crippen LogP contribution in [-0.4, -0.2) is 16.4 Å². The summed E-state index contributed by atoms with van der Waals surface area (Å²) in [4.78, 5) is 11.4. The van der Waals surface area contributed by atoms with Crippen molar-refractivity contribution in [3.8, 4) is 0 Å². The average Bonchev–Trinajstić information content (AvgIpc) is 2.22. The minimum atomic E-state index is -0.334. The molecule has 2 nitrogen and oxygen atoms in total. The molecule has 0 spiro atoms. The third-order valence-corrected chi connectivity index (χ3v) is 4.01. The number of unbranched alkanes of at least 4 members (excludes halogenated alkanes) is 4. The SMILES string of the molecule is C=CCCCCCC[C@@](C)(NC)C(=O)I. The van der Waals surface area contributed by atoms with Crippen molar-refractivity contribution in [3.05, 3.63) is 12.7 Å². The van der Waals surface area contributed by atoms with Crippen LogP contribution in [0.5, 0.6) is 0 Å². The van der Waals surface area contributed by atoms with E-state index >= 15 is 0 Å². The van der Waals surface area contributed by atoms with Crippen LogP contribution in [0.2, 0.25) is 0 Å². The van der Waals surface area contributed by atoms with Crippen LogP contribution in [0.15, 0.2) is 12.7 Å². The molecule has 1 atom stereocenters. The summed E-state index contributed by atoms with van der Waals surface area (Å²) in [5, 5.41) is 3.11. The molecule has 0 bridgehead atoms. The maximum Gasteiger partial charge on any atom is 0.211 e. The highest BCUT2D eigenvalue weighted by atomic mass is 127. The fraction of sp³-hybridized carbons (Fsp3) is 0.750. The smallest absolute Gasteiger partial charge is 0.211 e. The first-order valence-electron chi connectivity index (χ1n) is 5.56. The monoisotopic (exact) mass is 323 g/mol. The van der Waals surface area contributed by atoms with E-state index in [0.717, 1.165) is 19.3 Å². The Kier molecular flexibility index (Phi) is 8.33. The summed E-state index contributed by atoms with van der Waals surface area (Å²) in [6.45, 7) is 5.68. The van der Waals surface area contributed by atoms with Crippen molar-refractivity contribution >= 4 is 26.4 Å². The van der Waals surface area contributed by atoms with Crippen LogP contribution in [0.4, 0.5) is 0 Å². The van der Waals surface area contributed by atoms with Crippen molar-refractivity contribution < 1.29 is 4.79 Å². The zero-order chi connectivity index (χ0) is 11.7. The Bertz CT molecular complexity index is 206. The van der Waals surface area contributed by atoms with Crippen molar-refractivity contribution in [3.63, 3.8) is 0 Å². The highest BCUT2D eigenvalue weighted by Crippen LogP contribution is 2.19. The normalized spacial score (nSPS) is 14.6. The van der Waals surface area contributed by atoms with E-state index in [1.54, 1.807) is 0 Å². The summed E-state index contributed by atoms with van der Waals surface area (Å²) < 4.78 is 0.202. The summed E-state index contributed by atoms with van der Waals surface area (Å²) in [6.07, 6.45) is 8.78. The van der Waals surface area contributed by atoms with E-state index in [1.165, 1.54) is 19.3 Å². The van der Waals surface area contributed by atoms with Gasteiger partial charge in [0.15, 0.2) is 0 Å². The second kappa shape index (κ2) is 8.28. The van der Waals surface area contributed by atoms with E-state index in [0.29, 0.717) is 0 Å². The van der Waals surface area contributed by atoms with Crippen molar-refractivity contribution in [2.75, 3.05) is 7.05 Å². The molecule has 3 heteroatoms. The molecule has 0 aromatic heterocycles. The van der Waals surface area contributed by atoms with Crippen LogP contribution < -0.4 is 5.32 Å². The fourth-order valence-electron chi connectivity index (χ4n) is 1.44. The molecule has 0 aromatic carbocycles. The molecule has 0 saturated carbocycles. The lowest BCUT2D eigenvalue weighted by Crippen LogP contribution is -2.44. The maximum atomic E-state index is 11.4. The summed E-state index contributed by atoms with van der Waals surface area (Å²) in [7, 11) is 1.86. The zero-order valence-corrected chi connectivity index (χ0v) is 12.0. The predicted octanol–water partition coefficient (Wildman–Crippen LogP) is 3.45. The lowest BCUT2D eigenvalue weighted by Gasteiger charge is -2.24. The second-order valence-electron chi connectivity index (χ2n) is 4.10. The van der Waals surface area contributed by atoms with Gasteiger partial charge < -0.3 is 5.32 Å². The average molecular weight is 323 g/mol. The number of likely N-dealkylation sites (N-methyl/N-ethyl adjacent to an activating group) is 1. The molecule has 0 aliphatic carbocycles. The van der Waals surface area contributed by atoms with Gasteiger partial charge in [0.2, 0.25) is 3.79 Å². The molecule has 0 rings (SSSR count). The number of nitrogens with one attached hydrogen (secondary N) is 1. The minimum absolute atomic E-state index is 0.202. The second-order valence-corrected chi connectivity index (χ2v) is 5.08. The lowest BCUT2D eigenvalue weighted by atomic mass is 9.96. The number of rotatable bonds is 9. The van der Waals surface area contributed by atoms with Crippen molar-refractivity contribution in [1.82, 2.24) is 5.32 Å². The Morgan fingerprint density at radius 3 is 2.47 bits per heavy atom. The first-order valence-corrected chi connectivity index (χ1v) is 6.64. The molecule has 0 heterocycles. The highest BCUT2D eigenvalue weighted by Gasteiger charge is 2.27. The summed E-state index contributed by atoms with van der Waals surface area (Å²) in [5.74, 6) is 0. The van der Waals surface area contributed by atoms with E-state index in [1.807, 2.05) is 42.6 Å². The number of hydrogen-bond acceptors (Lipinski definition) is 2. The van der Waals surface area contributed by atoms with Crippen molar-refractivity contribution in [1.29, 1.82) is 0 Å². The van der Waals surface area contributed by atoms with E-state index in [-0.39, 0.29) is 9.33 Å². The van der Waals surface area contributed by atoms with Crippen LogP contribution in [0, 0.1) is 0 Å². The van der Waals surface area contributed by atoms with Gasteiger partial charge in [-0.1, -0.05) is 25.3 Å². The van der Waals surface area contributed by atoms with Crippen LogP contribution >= 0.6 is 22.6 Å². The predicted molar refractivity (Wildman–Crippen MR) is 74.4 cm³/mol. The molecule has 0 unspecified atom stereocenters. The minimum Gasteiger partial charge on any atom is -0.308 e. The lowest BCUT2D eigenvalue weighted by molar-refractivity contribution is -0.114. The van der Waals surface area contributed by atoms with E-state index in [9.17, 15) is 4.79 Å². The van der Waals surface area contributed by atoms with Crippen molar-refractivity contribution in [2.24, 2.45) is 0 Å². The molecular weight excluding hydrogens is 301 g/mol. The van der Waals surface area contributed by atoms with Gasteiger partial charge in [-0.25, -0.2) is 0 Å². The van der Waals surface area contributed by atoms with Gasteiger partial charge in [-0.15, -0.1) is 6.58 Å². The Morgan fingerprint density at radius 1 is 1.40 bits per heavy atom. The van der Waals surface area contributed by atoms with Crippen LogP contribution in [0.25, 0.3) is 0 Å². The third kappa shape index (κ3) is 6.30. The van der Waals surface area contributed by atoms with Gasteiger partial charge in [-0.05, 0) is 33.2 Å². The summed E-state index contributed by atoms with van der Waals surface area (Å²) in [6, 6.07) is 0. The van der Waals surface area contributed by atoms with Gasteiger partial charge in [-0.2, -0.15) is 0 Å². The standard InChI is InChI=1S/C12H22INO/c1-4-5-6-7-8-9-10-12(2,14-3)11(13)15/h4,14H,1,5-10H2,2-3H3/t12-/m1/s1. The molecule has 0 amide bonds. The van der Waals surface area contributed by atoms with Gasteiger partial charge in [0.05, 0.1) is 5.54 Å². The maximum absolute atomic E-state index is 11.4. The highest BCUT2D eigenvalue weighted by molar-refractivity contribution is 14.1. The fourth-order valence-corrected chi connectivity index (χ4v) is 1.98. The Hall–Kier alpha value is 0.100. The first-order chi connectivity index (χ1) is 7.06. The van der Waals surface area contributed by atoms with E-state index in [4.69, 9.17) is 0 Å². The van der Waals surface area contributed by atoms with Gasteiger partial charge in [0.1, 0.15) is 0 Å². The van der Waals surface area contributed by atoms with Crippen molar-refractivity contribution in [2.45, 2.75) is 51.0 Å².